The lowest BCUT2D eigenvalue weighted by molar-refractivity contribution is 0.0942. The molecule has 1 fully saturated rings. The number of oxazole rings is 1. The maximum absolute atomic E-state index is 12.7. The zero-order chi connectivity index (χ0) is 18.7. The number of urea groups is 1. The van der Waals surface area contributed by atoms with Crippen molar-refractivity contribution < 1.29 is 14.3 Å². The molecule has 2 aromatic rings. The minimum Gasteiger partial charge on any atom is -0.441 e. The number of amides is 2. The third-order valence-electron chi connectivity index (χ3n) is 4.78. The average Bonchev–Trinajstić information content (AvgIpc) is 2.94. The molecule has 2 heterocycles. The van der Waals surface area contributed by atoms with Crippen LogP contribution < -0.4 is 5.32 Å². The Bertz CT molecular complexity index is 754. The van der Waals surface area contributed by atoms with Crippen LogP contribution in [0.4, 0.5) is 10.5 Å². The molecule has 3 rings (SSSR count). The summed E-state index contributed by atoms with van der Waals surface area (Å²) in [6.45, 7) is 8.79. The predicted molar refractivity (Wildman–Crippen MR) is 100 cm³/mol. The third kappa shape index (κ3) is 4.05. The highest BCUT2D eigenvalue weighted by molar-refractivity contribution is 5.90. The van der Waals surface area contributed by atoms with Crippen molar-refractivity contribution in [2.24, 2.45) is 0 Å². The molecular weight excluding hydrogens is 332 g/mol. The highest BCUT2D eigenvalue weighted by Gasteiger charge is 2.27. The zero-order valence-corrected chi connectivity index (χ0v) is 15.5. The molecule has 1 atom stereocenters. The Balaban J connectivity index is 1.67. The van der Waals surface area contributed by atoms with Gasteiger partial charge in [-0.05, 0) is 39.0 Å². The van der Waals surface area contributed by atoms with E-state index < -0.39 is 0 Å². The number of piperazine rings is 1. The van der Waals surface area contributed by atoms with Gasteiger partial charge in [-0.25, -0.2) is 9.78 Å². The van der Waals surface area contributed by atoms with E-state index in [1.807, 2.05) is 49.9 Å². The molecule has 26 heavy (non-hydrogen) atoms. The SMILES string of the molecule is Cc1nc(-c2cccc(NC(=O)N3CCN(CCO)CC3C)c2)oc1C. The first-order valence-electron chi connectivity index (χ1n) is 8.93. The Morgan fingerprint density at radius 2 is 2.19 bits per heavy atom. The van der Waals surface area contributed by atoms with E-state index in [1.165, 1.54) is 0 Å². The monoisotopic (exact) mass is 358 g/mol. The number of aliphatic hydroxyl groups excluding tert-OH is 1. The summed E-state index contributed by atoms with van der Waals surface area (Å²) in [5.74, 6) is 1.35. The van der Waals surface area contributed by atoms with E-state index in [0.29, 0.717) is 24.7 Å². The largest absolute Gasteiger partial charge is 0.441 e. The fourth-order valence-corrected chi connectivity index (χ4v) is 3.20. The smallest absolute Gasteiger partial charge is 0.322 e. The molecular formula is C19H26N4O3. The van der Waals surface area contributed by atoms with Crippen molar-refractivity contribution in [3.05, 3.63) is 35.7 Å². The number of aryl methyl sites for hydroxylation is 2. The maximum Gasteiger partial charge on any atom is 0.322 e. The summed E-state index contributed by atoms with van der Waals surface area (Å²) in [6.07, 6.45) is 0. The minimum absolute atomic E-state index is 0.0931. The molecule has 1 aliphatic rings. The first-order chi connectivity index (χ1) is 12.5. The maximum atomic E-state index is 12.7. The first-order valence-corrected chi connectivity index (χ1v) is 8.93. The summed E-state index contributed by atoms with van der Waals surface area (Å²) in [5.41, 5.74) is 2.41. The van der Waals surface area contributed by atoms with Crippen LogP contribution in [-0.2, 0) is 0 Å². The molecule has 0 radical (unpaired) electrons. The Labute approximate surface area is 153 Å². The number of nitrogens with one attached hydrogen (secondary N) is 1. The third-order valence-corrected chi connectivity index (χ3v) is 4.78. The Morgan fingerprint density at radius 1 is 1.38 bits per heavy atom. The van der Waals surface area contributed by atoms with E-state index in [-0.39, 0.29) is 18.7 Å². The molecule has 1 aliphatic heterocycles. The van der Waals surface area contributed by atoms with Crippen LogP contribution in [0.2, 0.25) is 0 Å². The van der Waals surface area contributed by atoms with E-state index in [0.717, 1.165) is 30.1 Å². The lowest BCUT2D eigenvalue weighted by Gasteiger charge is -2.39. The summed E-state index contributed by atoms with van der Waals surface area (Å²) in [7, 11) is 0. The molecule has 0 bridgehead atoms. The van der Waals surface area contributed by atoms with Gasteiger partial charge < -0.3 is 19.7 Å². The number of hydrogen-bond acceptors (Lipinski definition) is 5. The van der Waals surface area contributed by atoms with Gasteiger partial charge in [-0.2, -0.15) is 0 Å². The van der Waals surface area contributed by atoms with E-state index in [9.17, 15) is 4.79 Å². The molecule has 140 valence electrons. The number of carbonyl (C=O) groups is 1. The second kappa shape index (κ2) is 7.88. The second-order valence-electron chi connectivity index (χ2n) is 6.74. The van der Waals surface area contributed by atoms with Crippen molar-refractivity contribution in [3.63, 3.8) is 0 Å². The van der Waals surface area contributed by atoms with Gasteiger partial charge in [0, 0.05) is 43.5 Å². The topological polar surface area (TPSA) is 81.8 Å². The number of benzene rings is 1. The van der Waals surface area contributed by atoms with Gasteiger partial charge >= 0.3 is 6.03 Å². The number of carbonyl (C=O) groups excluding carboxylic acids is 1. The number of hydrogen-bond donors (Lipinski definition) is 2. The van der Waals surface area contributed by atoms with Crippen molar-refractivity contribution in [1.82, 2.24) is 14.8 Å². The molecule has 1 saturated heterocycles. The number of aliphatic hydroxyl groups is 1. The van der Waals surface area contributed by atoms with Gasteiger partial charge in [0.15, 0.2) is 0 Å². The molecule has 1 aromatic heterocycles. The summed E-state index contributed by atoms with van der Waals surface area (Å²) >= 11 is 0. The van der Waals surface area contributed by atoms with E-state index in [1.54, 1.807) is 0 Å². The highest BCUT2D eigenvalue weighted by Crippen LogP contribution is 2.24. The van der Waals surface area contributed by atoms with Crippen molar-refractivity contribution >= 4 is 11.7 Å². The van der Waals surface area contributed by atoms with Crippen molar-refractivity contribution in [3.8, 4) is 11.5 Å². The van der Waals surface area contributed by atoms with E-state index in [4.69, 9.17) is 9.52 Å². The van der Waals surface area contributed by atoms with Gasteiger partial charge in [-0.3, -0.25) is 4.90 Å². The molecule has 0 aliphatic carbocycles. The number of anilines is 1. The fraction of sp³-hybridized carbons (Fsp3) is 0.474. The summed E-state index contributed by atoms with van der Waals surface area (Å²) in [6, 6.07) is 7.50. The van der Waals surface area contributed by atoms with Crippen LogP contribution in [0.25, 0.3) is 11.5 Å². The van der Waals surface area contributed by atoms with E-state index in [2.05, 4.69) is 15.2 Å². The van der Waals surface area contributed by atoms with Crippen LogP contribution in [0.15, 0.2) is 28.7 Å². The summed E-state index contributed by atoms with van der Waals surface area (Å²) < 4.78 is 5.67. The van der Waals surface area contributed by atoms with Crippen LogP contribution in [-0.4, -0.2) is 64.7 Å². The van der Waals surface area contributed by atoms with Gasteiger partial charge in [-0.15, -0.1) is 0 Å². The van der Waals surface area contributed by atoms with Crippen molar-refractivity contribution in [2.75, 3.05) is 38.1 Å². The lowest BCUT2D eigenvalue weighted by Crippen LogP contribution is -2.55. The molecule has 2 N–H and O–H groups in total. The molecule has 0 spiro atoms. The summed E-state index contributed by atoms with van der Waals surface area (Å²) in [5, 5.41) is 12.0. The fourth-order valence-electron chi connectivity index (χ4n) is 3.20. The first kappa shape index (κ1) is 18.4. The Morgan fingerprint density at radius 3 is 2.85 bits per heavy atom. The second-order valence-corrected chi connectivity index (χ2v) is 6.74. The number of β-amino-alcohol motifs (C(OH)–C–C–N with tert-alkyl or cyclic N) is 1. The lowest BCUT2D eigenvalue weighted by atomic mass is 10.2. The van der Waals surface area contributed by atoms with Crippen LogP contribution in [0.3, 0.4) is 0 Å². The molecule has 0 saturated carbocycles. The normalized spacial score (nSPS) is 18.2. The standard InChI is InChI=1S/C19H26N4O3/c1-13-12-22(9-10-24)7-8-23(13)19(25)21-17-6-4-5-16(11-17)18-20-14(2)15(3)26-18/h4-6,11,13,24H,7-10,12H2,1-3H3,(H,21,25). The number of aromatic nitrogens is 1. The van der Waals surface area contributed by atoms with Crippen LogP contribution >= 0.6 is 0 Å². The van der Waals surface area contributed by atoms with Crippen LogP contribution in [0.5, 0.6) is 0 Å². The van der Waals surface area contributed by atoms with Crippen molar-refractivity contribution in [1.29, 1.82) is 0 Å². The van der Waals surface area contributed by atoms with Crippen LogP contribution in [0.1, 0.15) is 18.4 Å². The van der Waals surface area contributed by atoms with Crippen molar-refractivity contribution in [2.45, 2.75) is 26.8 Å². The predicted octanol–water partition coefficient (Wildman–Crippen LogP) is 2.49. The van der Waals surface area contributed by atoms with Gasteiger partial charge in [-0.1, -0.05) is 6.07 Å². The highest BCUT2D eigenvalue weighted by atomic mass is 16.4. The Kier molecular flexibility index (Phi) is 5.58. The average molecular weight is 358 g/mol. The van der Waals surface area contributed by atoms with E-state index >= 15 is 0 Å². The molecule has 2 amide bonds. The van der Waals surface area contributed by atoms with Crippen LogP contribution in [0, 0.1) is 13.8 Å². The number of nitrogens with zero attached hydrogens (tertiary/aromatic N) is 3. The molecule has 7 nitrogen and oxygen atoms in total. The molecule has 1 unspecified atom stereocenters. The summed E-state index contributed by atoms with van der Waals surface area (Å²) in [4.78, 5) is 21.1. The molecule has 1 aromatic carbocycles. The van der Waals surface area contributed by atoms with Gasteiger partial charge in [0.2, 0.25) is 5.89 Å². The van der Waals surface area contributed by atoms with Gasteiger partial charge in [0.25, 0.3) is 0 Å². The number of rotatable bonds is 4. The minimum atomic E-state index is -0.113. The molecule has 7 heteroatoms. The van der Waals surface area contributed by atoms with Gasteiger partial charge in [0.05, 0.1) is 12.3 Å². The van der Waals surface area contributed by atoms with Gasteiger partial charge in [0.1, 0.15) is 5.76 Å². The quantitative estimate of drug-likeness (QED) is 0.877. The Hall–Kier alpha value is -2.38. The zero-order valence-electron chi connectivity index (χ0n) is 15.5.